The van der Waals surface area contributed by atoms with Crippen LogP contribution < -0.4 is 4.74 Å². The number of aromatic nitrogens is 2. The van der Waals surface area contributed by atoms with Crippen molar-refractivity contribution in [2.75, 3.05) is 13.2 Å². The van der Waals surface area contributed by atoms with Crippen molar-refractivity contribution in [3.8, 4) is 11.9 Å². The summed E-state index contributed by atoms with van der Waals surface area (Å²) in [6.45, 7) is 1.22. The van der Waals surface area contributed by atoms with Crippen molar-refractivity contribution in [3.05, 3.63) is 29.2 Å². The van der Waals surface area contributed by atoms with Crippen LogP contribution in [0.25, 0.3) is 10.8 Å². The van der Waals surface area contributed by atoms with Crippen molar-refractivity contribution in [1.29, 1.82) is 5.26 Å². The van der Waals surface area contributed by atoms with E-state index in [-0.39, 0.29) is 6.10 Å². The van der Waals surface area contributed by atoms with Gasteiger partial charge < -0.3 is 9.47 Å². The number of halogens is 1. The average Bonchev–Trinajstić information content (AvgIpc) is 2.92. The Morgan fingerprint density at radius 2 is 2.37 bits per heavy atom. The smallest absolute Gasteiger partial charge is 0.223 e. The molecule has 0 bridgehead atoms. The van der Waals surface area contributed by atoms with E-state index in [0.29, 0.717) is 29.9 Å². The lowest BCUT2D eigenvalue weighted by molar-refractivity contribution is 0.139. The molecule has 0 saturated carbocycles. The highest BCUT2D eigenvalue weighted by molar-refractivity contribution is 6.30. The third kappa shape index (κ3) is 2.46. The van der Waals surface area contributed by atoms with Gasteiger partial charge in [0.1, 0.15) is 23.0 Å². The van der Waals surface area contributed by atoms with Gasteiger partial charge in [0, 0.05) is 23.4 Å². The Balaban J connectivity index is 2.08. The van der Waals surface area contributed by atoms with Gasteiger partial charge in [0.25, 0.3) is 0 Å². The van der Waals surface area contributed by atoms with Crippen LogP contribution in [0.3, 0.4) is 0 Å². The Bertz CT molecular complexity index is 663. The van der Waals surface area contributed by atoms with Crippen molar-refractivity contribution < 1.29 is 9.47 Å². The highest BCUT2D eigenvalue weighted by Gasteiger charge is 2.19. The van der Waals surface area contributed by atoms with E-state index in [1.807, 2.05) is 6.07 Å². The minimum atomic E-state index is -0.0309. The lowest BCUT2D eigenvalue weighted by Crippen LogP contribution is -2.16. The molecule has 6 heteroatoms. The summed E-state index contributed by atoms with van der Waals surface area (Å²) in [5.41, 5.74) is 0.297. The van der Waals surface area contributed by atoms with Gasteiger partial charge >= 0.3 is 0 Å². The molecule has 3 rings (SSSR count). The van der Waals surface area contributed by atoms with E-state index in [0.717, 1.165) is 17.2 Å². The molecule has 19 heavy (non-hydrogen) atoms. The molecule has 0 aliphatic carbocycles. The molecule has 2 aromatic heterocycles. The Labute approximate surface area is 114 Å². The van der Waals surface area contributed by atoms with Crippen molar-refractivity contribution in [1.82, 2.24) is 9.97 Å². The zero-order valence-electron chi connectivity index (χ0n) is 9.97. The number of nitrogens with zero attached hydrogens (tertiary/aromatic N) is 3. The van der Waals surface area contributed by atoms with Crippen LogP contribution in [0.4, 0.5) is 0 Å². The topological polar surface area (TPSA) is 68.0 Å². The summed E-state index contributed by atoms with van der Waals surface area (Å²) in [7, 11) is 0. The van der Waals surface area contributed by atoms with E-state index in [4.69, 9.17) is 26.3 Å². The van der Waals surface area contributed by atoms with Crippen molar-refractivity contribution in [2.24, 2.45) is 0 Å². The summed E-state index contributed by atoms with van der Waals surface area (Å²) in [4.78, 5) is 8.20. The molecule has 0 N–H and O–H groups in total. The molecule has 1 fully saturated rings. The lowest BCUT2D eigenvalue weighted by Gasteiger charge is -2.13. The molecule has 3 heterocycles. The normalized spacial score (nSPS) is 18.4. The molecule has 1 atom stereocenters. The number of pyridine rings is 2. The van der Waals surface area contributed by atoms with Crippen LogP contribution in [0.2, 0.25) is 5.15 Å². The highest BCUT2D eigenvalue weighted by Crippen LogP contribution is 2.27. The van der Waals surface area contributed by atoms with Gasteiger partial charge in [-0.15, -0.1) is 0 Å². The molecular formula is C13H10ClN3O2. The van der Waals surface area contributed by atoms with Crippen LogP contribution in [0.1, 0.15) is 12.1 Å². The summed E-state index contributed by atoms with van der Waals surface area (Å²) >= 11 is 5.90. The summed E-state index contributed by atoms with van der Waals surface area (Å²) in [6.07, 6.45) is 2.40. The molecule has 0 amide bonds. The molecule has 1 unspecified atom stereocenters. The standard InChI is InChI=1S/C13H10ClN3O2/c14-12-4-11-8(6-16-12)3-9(5-15)17-13(11)19-10-1-2-18-7-10/h3-4,6,10H,1-2,7H2. The van der Waals surface area contributed by atoms with Gasteiger partial charge in [0.05, 0.1) is 13.2 Å². The zero-order valence-corrected chi connectivity index (χ0v) is 10.7. The first-order chi connectivity index (χ1) is 9.26. The quantitative estimate of drug-likeness (QED) is 0.787. The molecule has 1 aliphatic heterocycles. The van der Waals surface area contributed by atoms with Gasteiger partial charge in [-0.05, 0) is 12.1 Å². The van der Waals surface area contributed by atoms with Crippen LogP contribution in [0.15, 0.2) is 18.3 Å². The lowest BCUT2D eigenvalue weighted by atomic mass is 10.2. The Morgan fingerprint density at radius 3 is 3.11 bits per heavy atom. The maximum absolute atomic E-state index is 9.00. The Morgan fingerprint density at radius 1 is 1.47 bits per heavy atom. The van der Waals surface area contributed by atoms with E-state index in [9.17, 15) is 0 Å². The number of nitriles is 1. The molecule has 1 saturated heterocycles. The van der Waals surface area contributed by atoms with Gasteiger partial charge in [-0.1, -0.05) is 11.6 Å². The van der Waals surface area contributed by atoms with Gasteiger partial charge in [-0.3, -0.25) is 0 Å². The van der Waals surface area contributed by atoms with Crippen LogP contribution in [0.5, 0.6) is 5.88 Å². The molecule has 5 nitrogen and oxygen atoms in total. The molecule has 96 valence electrons. The first kappa shape index (κ1) is 12.2. The van der Waals surface area contributed by atoms with Crippen LogP contribution >= 0.6 is 11.6 Å². The second-order valence-electron chi connectivity index (χ2n) is 4.26. The summed E-state index contributed by atoms with van der Waals surface area (Å²) < 4.78 is 11.1. The highest BCUT2D eigenvalue weighted by atomic mass is 35.5. The fourth-order valence-electron chi connectivity index (χ4n) is 2.00. The fourth-order valence-corrected chi connectivity index (χ4v) is 2.16. The second kappa shape index (κ2) is 5.00. The number of fused-ring (bicyclic) bond motifs is 1. The minimum absolute atomic E-state index is 0.0309. The SMILES string of the molecule is N#Cc1cc2cnc(Cl)cc2c(OC2CCOC2)n1. The Hall–Kier alpha value is -1.90. The van der Waals surface area contributed by atoms with Crippen molar-refractivity contribution >= 4 is 22.4 Å². The zero-order chi connectivity index (χ0) is 13.2. The monoisotopic (exact) mass is 275 g/mol. The first-order valence-corrected chi connectivity index (χ1v) is 6.25. The van der Waals surface area contributed by atoms with Gasteiger partial charge in [0.2, 0.25) is 5.88 Å². The van der Waals surface area contributed by atoms with E-state index >= 15 is 0 Å². The van der Waals surface area contributed by atoms with Crippen LogP contribution in [-0.4, -0.2) is 29.3 Å². The molecular weight excluding hydrogens is 266 g/mol. The summed E-state index contributed by atoms with van der Waals surface area (Å²) in [5.74, 6) is 0.411. The first-order valence-electron chi connectivity index (χ1n) is 5.87. The van der Waals surface area contributed by atoms with Gasteiger partial charge in [0.15, 0.2) is 0 Å². The van der Waals surface area contributed by atoms with Crippen LogP contribution in [-0.2, 0) is 4.74 Å². The van der Waals surface area contributed by atoms with Crippen molar-refractivity contribution in [2.45, 2.75) is 12.5 Å². The second-order valence-corrected chi connectivity index (χ2v) is 4.64. The minimum Gasteiger partial charge on any atom is -0.471 e. The summed E-state index contributed by atoms with van der Waals surface area (Å²) in [6, 6.07) is 5.37. The Kier molecular flexibility index (Phi) is 3.20. The number of hydrogen-bond acceptors (Lipinski definition) is 5. The number of ether oxygens (including phenoxy) is 2. The molecule has 2 aromatic rings. The predicted octanol–water partition coefficient (Wildman–Crippen LogP) is 2.32. The number of hydrogen-bond donors (Lipinski definition) is 0. The van der Waals surface area contributed by atoms with Gasteiger partial charge in [-0.25, -0.2) is 9.97 Å². The molecule has 0 spiro atoms. The van der Waals surface area contributed by atoms with Crippen LogP contribution in [0, 0.1) is 11.3 Å². The molecule has 0 radical (unpaired) electrons. The maximum atomic E-state index is 9.00. The van der Waals surface area contributed by atoms with Gasteiger partial charge in [-0.2, -0.15) is 5.26 Å². The van der Waals surface area contributed by atoms with E-state index < -0.39 is 0 Å². The molecule has 1 aliphatic rings. The third-order valence-electron chi connectivity index (χ3n) is 2.93. The number of rotatable bonds is 2. The maximum Gasteiger partial charge on any atom is 0.223 e. The van der Waals surface area contributed by atoms with E-state index in [1.165, 1.54) is 0 Å². The predicted molar refractivity (Wildman–Crippen MR) is 69.1 cm³/mol. The largest absolute Gasteiger partial charge is 0.471 e. The average molecular weight is 276 g/mol. The molecule has 0 aromatic carbocycles. The third-order valence-corrected chi connectivity index (χ3v) is 3.13. The fraction of sp³-hybridized carbons (Fsp3) is 0.308. The summed E-state index contributed by atoms with van der Waals surface area (Å²) in [5, 5.41) is 10.9. The van der Waals surface area contributed by atoms with E-state index in [2.05, 4.69) is 9.97 Å². The van der Waals surface area contributed by atoms with E-state index in [1.54, 1.807) is 18.3 Å². The van der Waals surface area contributed by atoms with Crippen molar-refractivity contribution in [3.63, 3.8) is 0 Å².